The molecule has 2 fully saturated rings. The first kappa shape index (κ1) is 6.13. The van der Waals surface area contributed by atoms with Crippen molar-refractivity contribution in [2.75, 3.05) is 6.54 Å². The monoisotopic (exact) mass is 141 g/mol. The molecule has 1 N–H and O–H groups in total. The molecular formula is C7H13N2O+. The van der Waals surface area contributed by atoms with E-state index in [9.17, 15) is 4.91 Å². The molecule has 0 bridgehead atoms. The molecule has 0 aromatic carbocycles. The van der Waals surface area contributed by atoms with Gasteiger partial charge in [0.1, 0.15) is 4.87 Å². The van der Waals surface area contributed by atoms with E-state index < -0.39 is 0 Å². The van der Waals surface area contributed by atoms with E-state index >= 15 is 0 Å². The van der Waals surface area contributed by atoms with Gasteiger partial charge in [-0.25, -0.2) is 0 Å². The first-order valence-corrected chi connectivity index (χ1v) is 4.04. The van der Waals surface area contributed by atoms with Gasteiger partial charge in [-0.15, -0.1) is 0 Å². The lowest BCUT2D eigenvalue weighted by Crippen LogP contribution is -2.35. The molecule has 10 heavy (non-hydrogen) atoms. The molecule has 1 aliphatic heterocycles. The molecule has 1 saturated carbocycles. The topological polar surface area (TPSA) is 32.1 Å². The van der Waals surface area contributed by atoms with E-state index in [1.54, 1.807) is 0 Å². The van der Waals surface area contributed by atoms with Crippen molar-refractivity contribution in [1.82, 2.24) is 5.43 Å². The van der Waals surface area contributed by atoms with Gasteiger partial charge >= 0.3 is 0 Å². The van der Waals surface area contributed by atoms with E-state index in [1.807, 2.05) is 0 Å². The van der Waals surface area contributed by atoms with E-state index in [0.29, 0.717) is 0 Å². The number of nitrogens with one attached hydrogen (secondary N) is 1. The maximum Gasteiger partial charge on any atom is 0.245 e. The second kappa shape index (κ2) is 1.94. The van der Waals surface area contributed by atoms with Gasteiger partial charge in [0.25, 0.3) is 0 Å². The summed E-state index contributed by atoms with van der Waals surface area (Å²) < 4.78 is 0. The minimum atomic E-state index is 0.0139. The van der Waals surface area contributed by atoms with Crippen LogP contribution in [0.2, 0.25) is 0 Å². The molecule has 3 heteroatoms. The highest BCUT2D eigenvalue weighted by Crippen LogP contribution is 2.36. The van der Waals surface area contributed by atoms with Gasteiger partial charge in [-0.2, -0.15) is 5.43 Å². The summed E-state index contributed by atoms with van der Waals surface area (Å²) in [5.74, 6) is 0. The number of nitroso groups, excluding NO2 is 1. The summed E-state index contributed by atoms with van der Waals surface area (Å²) in [4.78, 5) is 12.3. The lowest BCUT2D eigenvalue weighted by atomic mass is 9.96. The highest BCUT2D eigenvalue weighted by atomic mass is 16.3. The minimum Gasteiger partial charge on any atom is -0.152 e. The summed E-state index contributed by atoms with van der Waals surface area (Å²) in [5.41, 5.74) is 2.84. The van der Waals surface area contributed by atoms with Crippen LogP contribution in [0.25, 0.3) is 0 Å². The molecule has 1 spiro atoms. The maximum absolute atomic E-state index is 11.2. The predicted molar refractivity (Wildman–Crippen MR) is 37.4 cm³/mol. The normalized spacial score (nSPS) is 29.4. The number of rotatable bonds is 0. The SMILES string of the molecule is O=[N+]1NCCC12CCCC2. The molecule has 1 heterocycles. The fourth-order valence-electron chi connectivity index (χ4n) is 2.15. The second-order valence-electron chi connectivity index (χ2n) is 3.38. The standard InChI is InChI=1S/C7H13N2O/c10-9-7(5-6-8-9)3-1-2-4-7/h1-6H2,(H,8,10)/q+1. The summed E-state index contributed by atoms with van der Waals surface area (Å²) in [6.07, 6.45) is 5.73. The van der Waals surface area contributed by atoms with Crippen molar-refractivity contribution in [2.45, 2.75) is 37.6 Å². The molecular weight excluding hydrogens is 128 g/mol. The van der Waals surface area contributed by atoms with Crippen molar-refractivity contribution in [3.8, 4) is 0 Å². The summed E-state index contributed by atoms with van der Waals surface area (Å²) >= 11 is 0. The van der Waals surface area contributed by atoms with E-state index in [0.717, 1.165) is 30.7 Å². The fraction of sp³-hybridized carbons (Fsp3) is 1.00. The third kappa shape index (κ3) is 0.662. The number of hydrogen-bond acceptors (Lipinski definition) is 1. The minimum absolute atomic E-state index is 0.0139. The van der Waals surface area contributed by atoms with Gasteiger partial charge in [-0.05, 0) is 12.8 Å². The van der Waals surface area contributed by atoms with Gasteiger partial charge in [0.15, 0.2) is 0 Å². The van der Waals surface area contributed by atoms with Crippen molar-refractivity contribution in [3.63, 3.8) is 0 Å². The summed E-state index contributed by atoms with van der Waals surface area (Å²) in [7, 11) is 0. The molecule has 0 amide bonds. The molecule has 2 rings (SSSR count). The number of nitrogens with zero attached hydrogens (tertiary/aromatic N) is 1. The van der Waals surface area contributed by atoms with Gasteiger partial charge in [0.05, 0.1) is 11.5 Å². The molecule has 56 valence electrons. The Morgan fingerprint density at radius 3 is 2.40 bits per heavy atom. The smallest absolute Gasteiger partial charge is 0.152 e. The molecule has 0 aromatic rings. The predicted octanol–water partition coefficient (Wildman–Crippen LogP) is 0.986. The van der Waals surface area contributed by atoms with Crippen LogP contribution in [0.15, 0.2) is 0 Å². The Hall–Kier alpha value is -0.600. The first-order valence-electron chi connectivity index (χ1n) is 4.04. The summed E-state index contributed by atoms with van der Waals surface area (Å²) in [5, 5.41) is 0. The van der Waals surface area contributed by atoms with Crippen molar-refractivity contribution in [3.05, 3.63) is 4.91 Å². The van der Waals surface area contributed by atoms with Gasteiger partial charge < -0.3 is 0 Å². The lowest BCUT2D eigenvalue weighted by Gasteiger charge is -2.07. The van der Waals surface area contributed by atoms with Crippen molar-refractivity contribution >= 4 is 0 Å². The quantitative estimate of drug-likeness (QED) is 0.510. The largest absolute Gasteiger partial charge is 0.245 e. The van der Waals surface area contributed by atoms with Crippen LogP contribution in [0, 0.1) is 4.91 Å². The van der Waals surface area contributed by atoms with Crippen LogP contribution in [-0.2, 0) is 0 Å². The van der Waals surface area contributed by atoms with Gasteiger partial charge in [-0.1, -0.05) is 0 Å². The van der Waals surface area contributed by atoms with Crippen LogP contribution in [-0.4, -0.2) is 17.0 Å². The average molecular weight is 141 g/mol. The van der Waals surface area contributed by atoms with E-state index in [4.69, 9.17) is 0 Å². The molecule has 0 atom stereocenters. The van der Waals surface area contributed by atoms with E-state index in [-0.39, 0.29) is 5.54 Å². The Labute approximate surface area is 60.3 Å². The number of hydrazine groups is 1. The van der Waals surface area contributed by atoms with Crippen molar-refractivity contribution in [1.29, 1.82) is 0 Å². The molecule has 3 nitrogen and oxygen atoms in total. The van der Waals surface area contributed by atoms with Crippen LogP contribution >= 0.6 is 0 Å². The molecule has 1 saturated heterocycles. The Morgan fingerprint density at radius 1 is 1.20 bits per heavy atom. The Kier molecular flexibility index (Phi) is 1.19. The average Bonchev–Trinajstić information content (AvgIpc) is 2.48. The fourth-order valence-corrected chi connectivity index (χ4v) is 2.15. The molecule has 0 unspecified atom stereocenters. The lowest BCUT2D eigenvalue weighted by molar-refractivity contribution is -0.654. The van der Waals surface area contributed by atoms with Crippen LogP contribution < -0.4 is 5.43 Å². The summed E-state index contributed by atoms with van der Waals surface area (Å²) in [6.45, 7) is 0.878. The van der Waals surface area contributed by atoms with Crippen LogP contribution in [0.5, 0.6) is 0 Å². The highest BCUT2D eigenvalue weighted by Gasteiger charge is 2.52. The first-order chi connectivity index (χ1) is 4.83. The van der Waals surface area contributed by atoms with Gasteiger partial charge in [-0.3, -0.25) is 0 Å². The van der Waals surface area contributed by atoms with E-state index in [2.05, 4.69) is 5.43 Å². The zero-order chi connectivity index (χ0) is 7.03. The third-order valence-electron chi connectivity index (χ3n) is 2.81. The van der Waals surface area contributed by atoms with Gasteiger partial charge in [0.2, 0.25) is 5.54 Å². The highest BCUT2D eigenvalue weighted by molar-refractivity contribution is 4.86. The molecule has 1 aliphatic carbocycles. The van der Waals surface area contributed by atoms with Crippen LogP contribution in [0.4, 0.5) is 0 Å². The van der Waals surface area contributed by atoms with Crippen molar-refractivity contribution in [2.24, 2.45) is 0 Å². The second-order valence-corrected chi connectivity index (χ2v) is 3.38. The molecule has 0 radical (unpaired) electrons. The summed E-state index contributed by atoms with van der Waals surface area (Å²) in [6, 6.07) is 0. The zero-order valence-corrected chi connectivity index (χ0v) is 6.10. The van der Waals surface area contributed by atoms with Crippen LogP contribution in [0.1, 0.15) is 32.1 Å². The Balaban J connectivity index is 2.19. The Bertz CT molecular complexity index is 155. The molecule has 0 aromatic heterocycles. The van der Waals surface area contributed by atoms with Gasteiger partial charge in [0, 0.05) is 19.3 Å². The third-order valence-corrected chi connectivity index (χ3v) is 2.81. The van der Waals surface area contributed by atoms with Crippen molar-refractivity contribution < 1.29 is 4.87 Å². The number of hydrogen-bond donors (Lipinski definition) is 1. The van der Waals surface area contributed by atoms with E-state index in [1.165, 1.54) is 12.8 Å². The molecule has 2 aliphatic rings. The van der Waals surface area contributed by atoms with Crippen LogP contribution in [0.3, 0.4) is 0 Å². The maximum atomic E-state index is 11.2. The zero-order valence-electron chi connectivity index (χ0n) is 6.10. The Morgan fingerprint density at radius 2 is 1.90 bits per heavy atom.